The number of anilines is 1. The molecule has 0 saturated heterocycles. The summed E-state index contributed by atoms with van der Waals surface area (Å²) in [5.74, 6) is -2.04. The Bertz CT molecular complexity index is 744. The Morgan fingerprint density at radius 1 is 1.18 bits per heavy atom. The van der Waals surface area contributed by atoms with Crippen molar-refractivity contribution in [1.82, 2.24) is 0 Å². The number of hydrogen-bond donors (Lipinski definition) is 1. The fraction of sp³-hybridized carbons (Fsp3) is 0.125. The quantitative estimate of drug-likeness (QED) is 0.936. The summed E-state index contributed by atoms with van der Waals surface area (Å²) < 4.78 is 13.6. The Kier molecular flexibility index (Phi) is 4.47. The first kappa shape index (κ1) is 16.0. The second-order valence-electron chi connectivity index (χ2n) is 4.80. The SMILES string of the molecule is Cc1cc(Cl)c(C(=O)N(C)c2ccc(C(=O)O)cc2)cc1F. The van der Waals surface area contributed by atoms with Crippen LogP contribution in [0.1, 0.15) is 26.3 Å². The number of amides is 1. The molecule has 0 bridgehead atoms. The van der Waals surface area contributed by atoms with E-state index in [0.29, 0.717) is 11.3 Å². The number of halogens is 2. The molecule has 0 atom stereocenters. The molecule has 0 aliphatic heterocycles. The monoisotopic (exact) mass is 321 g/mol. The highest BCUT2D eigenvalue weighted by Crippen LogP contribution is 2.24. The van der Waals surface area contributed by atoms with E-state index in [1.165, 1.54) is 42.3 Å². The molecule has 0 aromatic heterocycles. The second-order valence-corrected chi connectivity index (χ2v) is 5.20. The molecule has 1 amide bonds. The minimum absolute atomic E-state index is 0.0505. The first-order valence-corrected chi connectivity index (χ1v) is 6.76. The molecule has 0 saturated carbocycles. The van der Waals surface area contributed by atoms with Crippen LogP contribution in [0.2, 0.25) is 5.02 Å². The van der Waals surface area contributed by atoms with E-state index in [9.17, 15) is 14.0 Å². The number of hydrogen-bond acceptors (Lipinski definition) is 2. The van der Waals surface area contributed by atoms with Crippen LogP contribution in [0.4, 0.5) is 10.1 Å². The smallest absolute Gasteiger partial charge is 0.335 e. The van der Waals surface area contributed by atoms with E-state index in [1.54, 1.807) is 6.92 Å². The standard InChI is InChI=1S/C16H13ClFNO3/c1-9-7-13(17)12(8-14(9)18)15(20)19(2)11-5-3-10(4-6-11)16(21)22/h3-8H,1-2H3,(H,21,22). The number of nitrogens with zero attached hydrogens (tertiary/aromatic N) is 1. The van der Waals surface area contributed by atoms with Gasteiger partial charge in [-0.2, -0.15) is 0 Å². The molecular formula is C16H13ClFNO3. The number of carboxylic acid groups (broad SMARTS) is 1. The molecule has 4 nitrogen and oxygen atoms in total. The topological polar surface area (TPSA) is 57.6 Å². The highest BCUT2D eigenvalue weighted by molar-refractivity contribution is 6.34. The average Bonchev–Trinajstić information content (AvgIpc) is 2.49. The maximum atomic E-state index is 13.6. The van der Waals surface area contributed by atoms with Crippen molar-refractivity contribution >= 4 is 29.2 Å². The Labute approximate surface area is 131 Å². The van der Waals surface area contributed by atoms with Crippen LogP contribution in [0.15, 0.2) is 36.4 Å². The molecule has 2 rings (SSSR count). The first-order valence-electron chi connectivity index (χ1n) is 6.38. The summed E-state index contributed by atoms with van der Waals surface area (Å²) in [5, 5.41) is 9.02. The number of aryl methyl sites for hydroxylation is 1. The molecule has 0 unspecified atom stereocenters. The minimum atomic E-state index is -1.05. The van der Waals surface area contributed by atoms with Gasteiger partial charge in [0, 0.05) is 12.7 Å². The fourth-order valence-corrected chi connectivity index (χ4v) is 2.23. The van der Waals surface area contributed by atoms with Crippen molar-refractivity contribution in [2.24, 2.45) is 0 Å². The van der Waals surface area contributed by atoms with E-state index in [4.69, 9.17) is 16.7 Å². The van der Waals surface area contributed by atoms with E-state index in [-0.39, 0.29) is 16.1 Å². The molecule has 0 heterocycles. The molecule has 0 radical (unpaired) electrons. The fourth-order valence-electron chi connectivity index (χ4n) is 1.94. The van der Waals surface area contributed by atoms with E-state index >= 15 is 0 Å². The van der Waals surface area contributed by atoms with Crippen LogP contribution in [0, 0.1) is 12.7 Å². The molecule has 0 aliphatic carbocycles. The Morgan fingerprint density at radius 3 is 2.32 bits per heavy atom. The van der Waals surface area contributed by atoms with Crippen LogP contribution >= 0.6 is 11.6 Å². The van der Waals surface area contributed by atoms with E-state index in [1.807, 2.05) is 0 Å². The highest BCUT2D eigenvalue weighted by atomic mass is 35.5. The van der Waals surface area contributed by atoms with Crippen LogP contribution < -0.4 is 4.90 Å². The number of carbonyl (C=O) groups is 2. The lowest BCUT2D eigenvalue weighted by Crippen LogP contribution is -2.26. The van der Waals surface area contributed by atoms with Crippen molar-refractivity contribution in [1.29, 1.82) is 0 Å². The van der Waals surface area contributed by atoms with Gasteiger partial charge in [-0.05, 0) is 48.9 Å². The minimum Gasteiger partial charge on any atom is -0.478 e. The van der Waals surface area contributed by atoms with Gasteiger partial charge >= 0.3 is 5.97 Å². The van der Waals surface area contributed by atoms with Gasteiger partial charge in [-0.15, -0.1) is 0 Å². The van der Waals surface area contributed by atoms with Gasteiger partial charge < -0.3 is 10.0 Å². The van der Waals surface area contributed by atoms with Gasteiger partial charge in [0.15, 0.2) is 0 Å². The number of carboxylic acids is 1. The van der Waals surface area contributed by atoms with Gasteiger partial charge in [-0.25, -0.2) is 9.18 Å². The Balaban J connectivity index is 2.33. The van der Waals surface area contributed by atoms with Crippen LogP contribution in [0.25, 0.3) is 0 Å². The lowest BCUT2D eigenvalue weighted by atomic mass is 10.1. The number of rotatable bonds is 3. The maximum absolute atomic E-state index is 13.6. The van der Waals surface area contributed by atoms with Crippen LogP contribution in [-0.4, -0.2) is 24.0 Å². The summed E-state index contributed by atoms with van der Waals surface area (Å²) in [6, 6.07) is 8.27. The molecule has 0 spiro atoms. The molecular weight excluding hydrogens is 309 g/mol. The van der Waals surface area contributed by atoms with Crippen LogP contribution in [0.5, 0.6) is 0 Å². The van der Waals surface area contributed by atoms with Crippen LogP contribution in [-0.2, 0) is 0 Å². The third-order valence-electron chi connectivity index (χ3n) is 3.28. The van der Waals surface area contributed by atoms with Gasteiger partial charge in [0.05, 0.1) is 16.1 Å². The van der Waals surface area contributed by atoms with Gasteiger partial charge in [-0.3, -0.25) is 4.79 Å². The van der Waals surface area contributed by atoms with E-state index in [2.05, 4.69) is 0 Å². The summed E-state index contributed by atoms with van der Waals surface area (Å²) in [6.07, 6.45) is 0. The molecule has 22 heavy (non-hydrogen) atoms. The van der Waals surface area contributed by atoms with E-state index in [0.717, 1.165) is 6.07 Å². The lowest BCUT2D eigenvalue weighted by molar-refractivity contribution is 0.0696. The normalized spacial score (nSPS) is 10.4. The van der Waals surface area contributed by atoms with Crippen molar-refractivity contribution < 1.29 is 19.1 Å². The summed E-state index contributed by atoms with van der Waals surface area (Å²) in [7, 11) is 1.51. The summed E-state index contributed by atoms with van der Waals surface area (Å²) >= 11 is 6.00. The van der Waals surface area contributed by atoms with Gasteiger partial charge in [-0.1, -0.05) is 11.6 Å². The molecule has 0 fully saturated rings. The molecule has 1 N–H and O–H groups in total. The zero-order valence-electron chi connectivity index (χ0n) is 11.9. The molecule has 2 aromatic rings. The molecule has 114 valence electrons. The first-order chi connectivity index (χ1) is 10.3. The zero-order chi connectivity index (χ0) is 16.4. The van der Waals surface area contributed by atoms with Crippen LogP contribution in [0.3, 0.4) is 0 Å². The predicted molar refractivity (Wildman–Crippen MR) is 82.3 cm³/mol. The molecule has 2 aromatic carbocycles. The third kappa shape index (κ3) is 3.09. The second kappa shape index (κ2) is 6.15. The summed E-state index contributed by atoms with van der Waals surface area (Å²) in [6.45, 7) is 1.56. The van der Waals surface area contributed by atoms with Crippen molar-refractivity contribution in [3.63, 3.8) is 0 Å². The maximum Gasteiger partial charge on any atom is 0.335 e. The van der Waals surface area contributed by atoms with Crippen molar-refractivity contribution in [3.8, 4) is 0 Å². The Morgan fingerprint density at radius 2 is 1.77 bits per heavy atom. The lowest BCUT2D eigenvalue weighted by Gasteiger charge is -2.18. The molecule has 6 heteroatoms. The van der Waals surface area contributed by atoms with Gasteiger partial charge in [0.25, 0.3) is 5.91 Å². The van der Waals surface area contributed by atoms with Gasteiger partial charge in [0.1, 0.15) is 5.82 Å². The predicted octanol–water partition coefficient (Wildman–Crippen LogP) is 3.76. The average molecular weight is 322 g/mol. The largest absolute Gasteiger partial charge is 0.478 e. The third-order valence-corrected chi connectivity index (χ3v) is 3.60. The van der Waals surface area contributed by atoms with Crippen molar-refractivity contribution in [2.45, 2.75) is 6.92 Å². The zero-order valence-corrected chi connectivity index (χ0v) is 12.7. The summed E-state index contributed by atoms with van der Waals surface area (Å²) in [5.41, 5.74) is 1.00. The number of carbonyl (C=O) groups excluding carboxylic acids is 1. The van der Waals surface area contributed by atoms with Crippen molar-refractivity contribution in [3.05, 3.63) is 63.9 Å². The highest BCUT2D eigenvalue weighted by Gasteiger charge is 2.18. The number of benzene rings is 2. The number of aromatic carboxylic acids is 1. The molecule has 0 aliphatic rings. The Hall–Kier alpha value is -2.40. The van der Waals surface area contributed by atoms with E-state index < -0.39 is 17.7 Å². The van der Waals surface area contributed by atoms with Crippen molar-refractivity contribution in [2.75, 3.05) is 11.9 Å². The van der Waals surface area contributed by atoms with Gasteiger partial charge in [0.2, 0.25) is 0 Å². The summed E-state index contributed by atoms with van der Waals surface area (Å²) in [4.78, 5) is 24.5.